The highest BCUT2D eigenvalue weighted by atomic mass is 16.5. The topological polar surface area (TPSA) is 50.4 Å². The Morgan fingerprint density at radius 3 is 2.58 bits per heavy atom. The maximum Gasteiger partial charge on any atom is 0.251 e. The van der Waals surface area contributed by atoms with Crippen molar-refractivity contribution in [3.8, 4) is 0 Å². The van der Waals surface area contributed by atoms with Crippen molar-refractivity contribution in [3.05, 3.63) is 35.4 Å². The van der Waals surface area contributed by atoms with Gasteiger partial charge in [-0.25, -0.2) is 0 Å². The maximum absolute atomic E-state index is 11.8. The number of carbonyl (C=O) groups excluding carboxylic acids is 1. The molecule has 2 N–H and O–H groups in total. The van der Waals surface area contributed by atoms with E-state index in [0.717, 1.165) is 25.3 Å². The number of carbonyl (C=O) groups is 1. The van der Waals surface area contributed by atoms with Gasteiger partial charge in [0, 0.05) is 32.4 Å². The number of nitrogens with one attached hydrogen (secondary N) is 2. The van der Waals surface area contributed by atoms with E-state index in [1.807, 2.05) is 31.2 Å². The Morgan fingerprint density at radius 1 is 1.26 bits per heavy atom. The Morgan fingerprint density at radius 2 is 1.95 bits per heavy atom. The van der Waals surface area contributed by atoms with Gasteiger partial charge in [0.05, 0.1) is 0 Å². The number of ether oxygens (including phenoxy) is 1. The molecule has 0 aliphatic heterocycles. The van der Waals surface area contributed by atoms with Crippen LogP contribution >= 0.6 is 0 Å². The fourth-order valence-electron chi connectivity index (χ4n) is 1.76. The zero-order valence-corrected chi connectivity index (χ0v) is 12.0. The highest BCUT2D eigenvalue weighted by molar-refractivity contribution is 5.94. The second kappa shape index (κ2) is 8.67. The van der Waals surface area contributed by atoms with Crippen LogP contribution in [0.25, 0.3) is 0 Å². The summed E-state index contributed by atoms with van der Waals surface area (Å²) in [6, 6.07) is 7.58. The van der Waals surface area contributed by atoms with Gasteiger partial charge in [-0.1, -0.05) is 24.6 Å². The highest BCUT2D eigenvalue weighted by Crippen LogP contribution is 2.02. The third-order valence-corrected chi connectivity index (χ3v) is 2.85. The van der Waals surface area contributed by atoms with Gasteiger partial charge < -0.3 is 15.4 Å². The van der Waals surface area contributed by atoms with E-state index >= 15 is 0 Å². The Bertz CT molecular complexity index is 376. The van der Waals surface area contributed by atoms with Crippen LogP contribution in [0.1, 0.15) is 22.8 Å². The van der Waals surface area contributed by atoms with Gasteiger partial charge in [0.25, 0.3) is 5.91 Å². The number of hydrogen-bond donors (Lipinski definition) is 2. The van der Waals surface area contributed by atoms with E-state index in [1.54, 1.807) is 7.11 Å². The van der Waals surface area contributed by atoms with E-state index in [4.69, 9.17) is 4.74 Å². The number of aryl methyl sites for hydroxylation is 1. The van der Waals surface area contributed by atoms with Crippen LogP contribution in [-0.4, -0.2) is 39.3 Å². The molecule has 1 atom stereocenters. The zero-order valence-electron chi connectivity index (χ0n) is 12.0. The smallest absolute Gasteiger partial charge is 0.251 e. The Labute approximate surface area is 115 Å². The lowest BCUT2D eigenvalue weighted by Crippen LogP contribution is -2.34. The lowest BCUT2D eigenvalue weighted by Gasteiger charge is -2.11. The fraction of sp³-hybridized carbons (Fsp3) is 0.533. The van der Waals surface area contributed by atoms with Gasteiger partial charge in [-0.3, -0.25) is 4.79 Å². The second-order valence-electron chi connectivity index (χ2n) is 4.89. The molecule has 0 saturated heterocycles. The van der Waals surface area contributed by atoms with Crippen molar-refractivity contribution < 1.29 is 9.53 Å². The molecular weight excluding hydrogens is 240 g/mol. The summed E-state index contributed by atoms with van der Waals surface area (Å²) in [6.45, 7) is 7.18. The third-order valence-electron chi connectivity index (χ3n) is 2.85. The monoisotopic (exact) mass is 264 g/mol. The van der Waals surface area contributed by atoms with Crippen LogP contribution in [0.15, 0.2) is 24.3 Å². The maximum atomic E-state index is 11.8. The molecule has 0 aliphatic carbocycles. The normalized spacial score (nSPS) is 12.2. The van der Waals surface area contributed by atoms with Crippen molar-refractivity contribution in [2.45, 2.75) is 13.8 Å². The molecule has 1 rings (SSSR count). The molecule has 4 nitrogen and oxygen atoms in total. The SMILES string of the molecule is COCC(C)CNCCNC(=O)c1ccc(C)cc1. The molecule has 0 fully saturated rings. The molecule has 0 aromatic heterocycles. The average Bonchev–Trinajstić information content (AvgIpc) is 2.39. The second-order valence-corrected chi connectivity index (χ2v) is 4.89. The summed E-state index contributed by atoms with van der Waals surface area (Å²) in [4.78, 5) is 11.8. The molecule has 0 bridgehead atoms. The molecule has 0 radical (unpaired) electrons. The van der Waals surface area contributed by atoms with Gasteiger partial charge in [0.1, 0.15) is 0 Å². The summed E-state index contributed by atoms with van der Waals surface area (Å²) in [7, 11) is 1.71. The summed E-state index contributed by atoms with van der Waals surface area (Å²) < 4.78 is 5.06. The van der Waals surface area contributed by atoms with Crippen LogP contribution in [0, 0.1) is 12.8 Å². The average molecular weight is 264 g/mol. The quantitative estimate of drug-likeness (QED) is 0.701. The van der Waals surface area contributed by atoms with Crippen LogP contribution < -0.4 is 10.6 Å². The minimum absolute atomic E-state index is 0.0215. The zero-order chi connectivity index (χ0) is 14.1. The third kappa shape index (κ3) is 6.36. The first kappa shape index (κ1) is 15.7. The number of hydrogen-bond acceptors (Lipinski definition) is 3. The molecule has 106 valence electrons. The predicted molar refractivity (Wildman–Crippen MR) is 77.4 cm³/mol. The summed E-state index contributed by atoms with van der Waals surface area (Å²) in [5.41, 5.74) is 1.86. The van der Waals surface area contributed by atoms with E-state index in [0.29, 0.717) is 18.0 Å². The summed E-state index contributed by atoms with van der Waals surface area (Å²) in [5.74, 6) is 0.463. The number of benzene rings is 1. The Balaban J connectivity index is 2.15. The van der Waals surface area contributed by atoms with E-state index in [1.165, 1.54) is 0 Å². The van der Waals surface area contributed by atoms with Crippen molar-refractivity contribution in [1.82, 2.24) is 10.6 Å². The first-order valence-electron chi connectivity index (χ1n) is 6.68. The largest absolute Gasteiger partial charge is 0.384 e. The van der Waals surface area contributed by atoms with Crippen LogP contribution in [0.4, 0.5) is 0 Å². The predicted octanol–water partition coefficient (Wildman–Crippen LogP) is 1.60. The first-order chi connectivity index (χ1) is 9.13. The van der Waals surface area contributed by atoms with E-state index in [2.05, 4.69) is 17.6 Å². The van der Waals surface area contributed by atoms with Crippen molar-refractivity contribution in [1.29, 1.82) is 0 Å². The first-order valence-corrected chi connectivity index (χ1v) is 6.68. The van der Waals surface area contributed by atoms with E-state index in [9.17, 15) is 4.79 Å². The minimum atomic E-state index is -0.0215. The molecule has 0 saturated carbocycles. The van der Waals surface area contributed by atoms with E-state index in [-0.39, 0.29) is 5.91 Å². The van der Waals surface area contributed by atoms with Crippen LogP contribution in [0.5, 0.6) is 0 Å². The van der Waals surface area contributed by atoms with Crippen molar-refractivity contribution in [3.63, 3.8) is 0 Å². The molecular formula is C15H24N2O2. The summed E-state index contributed by atoms with van der Waals surface area (Å²) in [5, 5.41) is 6.18. The number of amides is 1. The molecule has 1 amide bonds. The molecule has 0 aliphatic rings. The molecule has 1 aromatic carbocycles. The minimum Gasteiger partial charge on any atom is -0.384 e. The summed E-state index contributed by atoms with van der Waals surface area (Å²) in [6.07, 6.45) is 0. The van der Waals surface area contributed by atoms with Crippen molar-refractivity contribution in [2.24, 2.45) is 5.92 Å². The Kier molecular flexibility index (Phi) is 7.15. The standard InChI is InChI=1S/C15H24N2O2/c1-12-4-6-14(7-5-12)15(18)17-9-8-16-10-13(2)11-19-3/h4-7,13,16H,8-11H2,1-3H3,(H,17,18). The highest BCUT2D eigenvalue weighted by Gasteiger charge is 2.04. The fourth-order valence-corrected chi connectivity index (χ4v) is 1.76. The number of methoxy groups -OCH3 is 1. The van der Waals surface area contributed by atoms with Crippen molar-refractivity contribution >= 4 is 5.91 Å². The van der Waals surface area contributed by atoms with Gasteiger partial charge in [-0.05, 0) is 31.5 Å². The van der Waals surface area contributed by atoms with Gasteiger partial charge in [0.15, 0.2) is 0 Å². The van der Waals surface area contributed by atoms with Crippen LogP contribution in [0.3, 0.4) is 0 Å². The lowest BCUT2D eigenvalue weighted by atomic mass is 10.1. The van der Waals surface area contributed by atoms with Gasteiger partial charge in [0.2, 0.25) is 0 Å². The van der Waals surface area contributed by atoms with E-state index < -0.39 is 0 Å². The van der Waals surface area contributed by atoms with Gasteiger partial charge in [-0.2, -0.15) is 0 Å². The molecule has 0 spiro atoms. The lowest BCUT2D eigenvalue weighted by molar-refractivity contribution is 0.0953. The molecule has 4 heteroatoms. The molecule has 1 aromatic rings. The van der Waals surface area contributed by atoms with Crippen molar-refractivity contribution in [2.75, 3.05) is 33.4 Å². The Hall–Kier alpha value is -1.39. The van der Waals surface area contributed by atoms with Gasteiger partial charge in [-0.15, -0.1) is 0 Å². The molecule has 1 unspecified atom stereocenters. The number of rotatable bonds is 8. The van der Waals surface area contributed by atoms with Crippen LogP contribution in [0.2, 0.25) is 0 Å². The van der Waals surface area contributed by atoms with Gasteiger partial charge >= 0.3 is 0 Å². The summed E-state index contributed by atoms with van der Waals surface area (Å²) >= 11 is 0. The molecule has 0 heterocycles. The van der Waals surface area contributed by atoms with Crippen LogP contribution in [-0.2, 0) is 4.74 Å². The molecule has 19 heavy (non-hydrogen) atoms.